The molecular formula is C17H15NO2. The van der Waals surface area contributed by atoms with Gasteiger partial charge >= 0.3 is 0 Å². The third kappa shape index (κ3) is 2.43. The lowest BCUT2D eigenvalue weighted by atomic mass is 10.1. The molecule has 0 radical (unpaired) electrons. The predicted molar refractivity (Wildman–Crippen MR) is 79.2 cm³/mol. The highest BCUT2D eigenvalue weighted by Gasteiger charge is 2.04. The SMILES string of the molecule is Cc1cccc(COc2ccc3[nH]cc(C=O)c3c2)c1. The number of aromatic amines is 1. The van der Waals surface area contributed by atoms with Crippen LogP contribution in [0.1, 0.15) is 21.5 Å². The molecule has 0 aliphatic rings. The van der Waals surface area contributed by atoms with Crippen LogP contribution in [0.15, 0.2) is 48.7 Å². The Morgan fingerprint density at radius 2 is 2.10 bits per heavy atom. The molecule has 0 saturated heterocycles. The third-order valence-corrected chi connectivity index (χ3v) is 3.30. The van der Waals surface area contributed by atoms with Crippen LogP contribution >= 0.6 is 0 Å². The summed E-state index contributed by atoms with van der Waals surface area (Å²) in [5, 5.41) is 0.891. The summed E-state index contributed by atoms with van der Waals surface area (Å²) in [6.07, 6.45) is 2.56. The molecule has 0 atom stereocenters. The molecule has 0 amide bonds. The number of carbonyl (C=O) groups is 1. The van der Waals surface area contributed by atoms with Crippen LogP contribution in [0.2, 0.25) is 0 Å². The van der Waals surface area contributed by atoms with Gasteiger partial charge in [0.05, 0.1) is 0 Å². The topological polar surface area (TPSA) is 42.1 Å². The highest BCUT2D eigenvalue weighted by Crippen LogP contribution is 2.23. The first-order valence-corrected chi connectivity index (χ1v) is 6.51. The predicted octanol–water partition coefficient (Wildman–Crippen LogP) is 3.87. The van der Waals surface area contributed by atoms with Gasteiger partial charge in [0.25, 0.3) is 0 Å². The molecule has 20 heavy (non-hydrogen) atoms. The Balaban J connectivity index is 1.82. The quantitative estimate of drug-likeness (QED) is 0.728. The minimum atomic E-state index is 0.522. The number of aldehydes is 1. The Kier molecular flexibility index (Phi) is 3.25. The monoisotopic (exact) mass is 265 g/mol. The molecule has 0 aliphatic carbocycles. The van der Waals surface area contributed by atoms with E-state index in [2.05, 4.69) is 24.0 Å². The van der Waals surface area contributed by atoms with Gasteiger partial charge in [-0.1, -0.05) is 29.8 Å². The summed E-state index contributed by atoms with van der Waals surface area (Å²) in [6.45, 7) is 2.58. The molecule has 3 nitrogen and oxygen atoms in total. The smallest absolute Gasteiger partial charge is 0.152 e. The van der Waals surface area contributed by atoms with E-state index in [9.17, 15) is 4.79 Å². The lowest BCUT2D eigenvalue weighted by Gasteiger charge is -2.07. The Hall–Kier alpha value is -2.55. The van der Waals surface area contributed by atoms with E-state index in [1.807, 2.05) is 30.3 Å². The normalized spacial score (nSPS) is 10.7. The molecule has 0 spiro atoms. The van der Waals surface area contributed by atoms with Crippen LogP contribution in [-0.2, 0) is 6.61 Å². The Labute approximate surface area is 117 Å². The Morgan fingerprint density at radius 1 is 1.20 bits per heavy atom. The summed E-state index contributed by atoms with van der Waals surface area (Å²) < 4.78 is 5.79. The molecule has 1 N–H and O–H groups in total. The number of benzene rings is 2. The molecule has 0 unspecified atom stereocenters. The van der Waals surface area contributed by atoms with Gasteiger partial charge in [0.15, 0.2) is 6.29 Å². The molecule has 0 fully saturated rings. The van der Waals surface area contributed by atoms with Crippen molar-refractivity contribution in [3.8, 4) is 5.75 Å². The van der Waals surface area contributed by atoms with Gasteiger partial charge in [-0.15, -0.1) is 0 Å². The summed E-state index contributed by atoms with van der Waals surface area (Å²) >= 11 is 0. The van der Waals surface area contributed by atoms with Crippen LogP contribution in [-0.4, -0.2) is 11.3 Å². The third-order valence-electron chi connectivity index (χ3n) is 3.30. The second-order valence-corrected chi connectivity index (χ2v) is 4.85. The maximum Gasteiger partial charge on any atom is 0.152 e. The standard InChI is InChI=1S/C17H15NO2/c1-12-3-2-4-13(7-12)11-20-15-5-6-17-16(8-15)14(10-19)9-18-17/h2-10,18H,11H2,1H3. The molecule has 2 aromatic carbocycles. The van der Waals surface area contributed by atoms with Crippen LogP contribution in [0.25, 0.3) is 10.9 Å². The fourth-order valence-electron chi connectivity index (χ4n) is 2.28. The van der Waals surface area contributed by atoms with E-state index in [1.54, 1.807) is 6.20 Å². The number of nitrogens with one attached hydrogen (secondary N) is 1. The molecule has 3 heteroatoms. The van der Waals surface area contributed by atoms with Crippen molar-refractivity contribution in [2.45, 2.75) is 13.5 Å². The molecule has 3 rings (SSSR count). The largest absolute Gasteiger partial charge is 0.489 e. The summed E-state index contributed by atoms with van der Waals surface area (Å²) in [5.74, 6) is 0.765. The number of rotatable bonds is 4. The number of carbonyl (C=O) groups excluding carboxylic acids is 1. The molecule has 0 bridgehead atoms. The van der Waals surface area contributed by atoms with Crippen molar-refractivity contribution in [1.29, 1.82) is 0 Å². The number of hydrogen-bond donors (Lipinski definition) is 1. The fraction of sp³-hybridized carbons (Fsp3) is 0.118. The molecule has 100 valence electrons. The van der Waals surface area contributed by atoms with Crippen molar-refractivity contribution in [3.05, 3.63) is 65.4 Å². The van der Waals surface area contributed by atoms with Gasteiger partial charge in [-0.25, -0.2) is 0 Å². The average molecular weight is 265 g/mol. The van der Waals surface area contributed by atoms with E-state index in [1.165, 1.54) is 5.56 Å². The number of hydrogen-bond acceptors (Lipinski definition) is 2. The zero-order valence-electron chi connectivity index (χ0n) is 11.2. The molecule has 0 aliphatic heterocycles. The zero-order valence-corrected chi connectivity index (χ0v) is 11.2. The van der Waals surface area contributed by atoms with Gasteiger partial charge in [0, 0.05) is 22.7 Å². The minimum Gasteiger partial charge on any atom is -0.489 e. The maximum atomic E-state index is 10.9. The van der Waals surface area contributed by atoms with Crippen molar-refractivity contribution >= 4 is 17.2 Å². The van der Waals surface area contributed by atoms with Crippen LogP contribution in [0, 0.1) is 6.92 Å². The highest BCUT2D eigenvalue weighted by molar-refractivity contribution is 5.97. The van der Waals surface area contributed by atoms with E-state index < -0.39 is 0 Å². The first kappa shape index (κ1) is 12.5. The van der Waals surface area contributed by atoms with E-state index in [-0.39, 0.29) is 0 Å². The first-order valence-electron chi connectivity index (χ1n) is 6.51. The van der Waals surface area contributed by atoms with Crippen molar-refractivity contribution in [2.75, 3.05) is 0 Å². The molecular weight excluding hydrogens is 250 g/mol. The number of fused-ring (bicyclic) bond motifs is 1. The number of aryl methyl sites for hydroxylation is 1. The van der Waals surface area contributed by atoms with Crippen molar-refractivity contribution < 1.29 is 9.53 Å². The van der Waals surface area contributed by atoms with Gasteiger partial charge in [-0.05, 0) is 30.7 Å². The fourth-order valence-corrected chi connectivity index (χ4v) is 2.28. The van der Waals surface area contributed by atoms with Crippen LogP contribution in [0.3, 0.4) is 0 Å². The van der Waals surface area contributed by atoms with Gasteiger partial charge in [0.2, 0.25) is 0 Å². The summed E-state index contributed by atoms with van der Waals surface area (Å²) in [6, 6.07) is 14.0. The van der Waals surface area contributed by atoms with Crippen molar-refractivity contribution in [2.24, 2.45) is 0 Å². The van der Waals surface area contributed by atoms with E-state index in [0.717, 1.165) is 28.5 Å². The lowest BCUT2D eigenvalue weighted by Crippen LogP contribution is -1.95. The molecule has 0 saturated carbocycles. The maximum absolute atomic E-state index is 10.9. The van der Waals surface area contributed by atoms with Gasteiger partial charge < -0.3 is 9.72 Å². The second-order valence-electron chi connectivity index (χ2n) is 4.85. The minimum absolute atomic E-state index is 0.522. The molecule has 3 aromatic rings. The van der Waals surface area contributed by atoms with Crippen LogP contribution in [0.4, 0.5) is 0 Å². The number of aromatic nitrogens is 1. The van der Waals surface area contributed by atoms with Crippen molar-refractivity contribution in [3.63, 3.8) is 0 Å². The summed E-state index contributed by atoms with van der Waals surface area (Å²) in [4.78, 5) is 14.0. The number of H-pyrrole nitrogens is 1. The van der Waals surface area contributed by atoms with Crippen molar-refractivity contribution in [1.82, 2.24) is 4.98 Å². The zero-order chi connectivity index (χ0) is 13.9. The number of ether oxygens (including phenoxy) is 1. The second kappa shape index (κ2) is 5.21. The van der Waals surface area contributed by atoms with Crippen LogP contribution < -0.4 is 4.74 Å². The Bertz CT molecular complexity index is 759. The van der Waals surface area contributed by atoms with E-state index in [4.69, 9.17) is 4.74 Å². The lowest BCUT2D eigenvalue weighted by molar-refractivity contribution is 0.112. The van der Waals surface area contributed by atoms with Gasteiger partial charge in [0.1, 0.15) is 12.4 Å². The highest BCUT2D eigenvalue weighted by atomic mass is 16.5. The van der Waals surface area contributed by atoms with Gasteiger partial charge in [-0.3, -0.25) is 4.79 Å². The first-order chi connectivity index (χ1) is 9.76. The summed E-state index contributed by atoms with van der Waals surface area (Å²) in [5.41, 5.74) is 3.95. The van der Waals surface area contributed by atoms with Gasteiger partial charge in [-0.2, -0.15) is 0 Å². The average Bonchev–Trinajstić information content (AvgIpc) is 2.87. The summed E-state index contributed by atoms with van der Waals surface area (Å²) in [7, 11) is 0. The Morgan fingerprint density at radius 3 is 2.90 bits per heavy atom. The van der Waals surface area contributed by atoms with Crippen LogP contribution in [0.5, 0.6) is 5.75 Å². The van der Waals surface area contributed by atoms with E-state index >= 15 is 0 Å². The molecule has 1 aromatic heterocycles. The molecule has 1 heterocycles. The van der Waals surface area contributed by atoms with E-state index in [0.29, 0.717) is 12.2 Å².